The van der Waals surface area contributed by atoms with Gasteiger partial charge in [-0.05, 0) is 25.0 Å². The van der Waals surface area contributed by atoms with Crippen LogP contribution in [0.15, 0.2) is 18.5 Å². The number of hydrogen-bond acceptors (Lipinski definition) is 2. The lowest BCUT2D eigenvalue weighted by Crippen LogP contribution is -2.18. The first-order valence-electron chi connectivity index (χ1n) is 5.80. The van der Waals surface area contributed by atoms with E-state index in [0.29, 0.717) is 0 Å². The lowest BCUT2D eigenvalue weighted by molar-refractivity contribution is 0.149. The minimum Gasteiger partial charge on any atom is -0.380 e. The van der Waals surface area contributed by atoms with E-state index in [4.69, 9.17) is 4.74 Å². The van der Waals surface area contributed by atoms with E-state index in [2.05, 4.69) is 35.3 Å². The molecule has 1 N–H and O–H groups in total. The molecule has 0 atom stereocenters. The molecule has 0 aliphatic rings. The Hall–Kier alpha value is -0.800. The summed E-state index contributed by atoms with van der Waals surface area (Å²) in [4.78, 5) is 0. The molecule has 0 fully saturated rings. The van der Waals surface area contributed by atoms with Crippen molar-refractivity contribution in [3.63, 3.8) is 0 Å². The Balaban J connectivity index is 2.14. The monoisotopic (exact) mass is 210 g/mol. The van der Waals surface area contributed by atoms with E-state index in [9.17, 15) is 0 Å². The first kappa shape index (κ1) is 12.3. The van der Waals surface area contributed by atoms with Gasteiger partial charge in [-0.15, -0.1) is 0 Å². The molecule has 1 rings (SSSR count). The van der Waals surface area contributed by atoms with Gasteiger partial charge in [0.2, 0.25) is 0 Å². The summed E-state index contributed by atoms with van der Waals surface area (Å²) in [5.41, 5.74) is 1.35. The molecular weight excluding hydrogens is 188 g/mol. The van der Waals surface area contributed by atoms with Crippen LogP contribution in [0.3, 0.4) is 0 Å². The minimum absolute atomic E-state index is 0.798. The molecule has 0 aromatic carbocycles. The van der Waals surface area contributed by atoms with E-state index in [1.165, 1.54) is 12.0 Å². The molecule has 0 radical (unpaired) electrons. The van der Waals surface area contributed by atoms with E-state index in [-0.39, 0.29) is 0 Å². The van der Waals surface area contributed by atoms with Gasteiger partial charge >= 0.3 is 0 Å². The van der Waals surface area contributed by atoms with Gasteiger partial charge in [0.15, 0.2) is 0 Å². The number of rotatable bonds is 8. The van der Waals surface area contributed by atoms with Gasteiger partial charge < -0.3 is 14.6 Å². The molecule has 3 nitrogen and oxygen atoms in total. The number of nitrogens with zero attached hydrogens (tertiary/aromatic N) is 1. The normalized spacial score (nSPS) is 10.8. The molecule has 3 heteroatoms. The standard InChI is InChI=1S/C12H22N2O/c1-3-7-14-8-5-12(11-14)10-13-6-9-15-4-2/h5,8,11,13H,3-4,6-7,9-10H2,1-2H3. The van der Waals surface area contributed by atoms with Gasteiger partial charge in [-0.2, -0.15) is 0 Å². The van der Waals surface area contributed by atoms with Gasteiger partial charge in [0.05, 0.1) is 6.61 Å². The number of hydrogen-bond donors (Lipinski definition) is 1. The molecule has 0 amide bonds. The molecule has 0 saturated heterocycles. The summed E-state index contributed by atoms with van der Waals surface area (Å²) in [7, 11) is 0. The van der Waals surface area contributed by atoms with Gasteiger partial charge in [0, 0.05) is 38.6 Å². The summed E-state index contributed by atoms with van der Waals surface area (Å²) in [6.07, 6.45) is 5.53. The summed E-state index contributed by atoms with van der Waals surface area (Å²) in [6.45, 7) is 8.78. The van der Waals surface area contributed by atoms with Crippen LogP contribution in [0.4, 0.5) is 0 Å². The predicted molar refractivity (Wildman–Crippen MR) is 62.9 cm³/mol. The second-order valence-corrected chi connectivity index (χ2v) is 3.63. The summed E-state index contributed by atoms with van der Waals surface area (Å²) in [6, 6.07) is 2.17. The first-order valence-corrected chi connectivity index (χ1v) is 5.80. The molecule has 0 aliphatic heterocycles. The average Bonchev–Trinajstić information content (AvgIpc) is 2.66. The third kappa shape index (κ3) is 5.00. The van der Waals surface area contributed by atoms with Crippen LogP contribution in [0.2, 0.25) is 0 Å². The van der Waals surface area contributed by atoms with Crippen LogP contribution in [0, 0.1) is 0 Å². The van der Waals surface area contributed by atoms with Crippen molar-refractivity contribution < 1.29 is 4.74 Å². The number of aromatic nitrogens is 1. The number of ether oxygens (including phenoxy) is 1. The quantitative estimate of drug-likeness (QED) is 0.664. The molecule has 86 valence electrons. The molecular formula is C12H22N2O. The molecule has 0 spiro atoms. The highest BCUT2D eigenvalue weighted by atomic mass is 16.5. The van der Waals surface area contributed by atoms with Crippen LogP contribution >= 0.6 is 0 Å². The van der Waals surface area contributed by atoms with E-state index in [1.807, 2.05) is 6.92 Å². The van der Waals surface area contributed by atoms with Crippen LogP contribution in [0.25, 0.3) is 0 Å². The van der Waals surface area contributed by atoms with Gasteiger partial charge in [-0.1, -0.05) is 6.92 Å². The van der Waals surface area contributed by atoms with Crippen molar-refractivity contribution in [2.24, 2.45) is 0 Å². The van der Waals surface area contributed by atoms with E-state index in [1.54, 1.807) is 0 Å². The zero-order chi connectivity index (χ0) is 10.9. The van der Waals surface area contributed by atoms with Crippen molar-refractivity contribution in [3.8, 4) is 0 Å². The average molecular weight is 210 g/mol. The molecule has 1 aromatic rings. The molecule has 0 bridgehead atoms. The van der Waals surface area contributed by atoms with Crippen molar-refractivity contribution in [2.45, 2.75) is 33.4 Å². The van der Waals surface area contributed by atoms with Gasteiger partial charge in [0.1, 0.15) is 0 Å². The molecule has 0 saturated carbocycles. The van der Waals surface area contributed by atoms with Crippen LogP contribution in [0.5, 0.6) is 0 Å². The number of aryl methyl sites for hydroxylation is 1. The van der Waals surface area contributed by atoms with Gasteiger partial charge in [-0.25, -0.2) is 0 Å². The third-order valence-electron chi connectivity index (χ3n) is 2.25. The van der Waals surface area contributed by atoms with Crippen molar-refractivity contribution in [3.05, 3.63) is 24.0 Å². The van der Waals surface area contributed by atoms with Gasteiger partial charge in [-0.3, -0.25) is 0 Å². The SMILES string of the molecule is CCCn1ccc(CNCCOCC)c1. The first-order chi connectivity index (χ1) is 7.36. The Bertz CT molecular complexity index is 258. The maximum atomic E-state index is 5.25. The minimum atomic E-state index is 0.798. The van der Waals surface area contributed by atoms with E-state index < -0.39 is 0 Å². The zero-order valence-corrected chi connectivity index (χ0v) is 9.83. The number of nitrogens with one attached hydrogen (secondary N) is 1. The van der Waals surface area contributed by atoms with Gasteiger partial charge in [0.25, 0.3) is 0 Å². The molecule has 1 heterocycles. The Labute approximate surface area is 92.4 Å². The van der Waals surface area contributed by atoms with Crippen LogP contribution in [0.1, 0.15) is 25.8 Å². The molecule has 0 unspecified atom stereocenters. The molecule has 15 heavy (non-hydrogen) atoms. The lowest BCUT2D eigenvalue weighted by atomic mass is 10.3. The van der Waals surface area contributed by atoms with Crippen molar-refractivity contribution in [1.82, 2.24) is 9.88 Å². The Kier molecular flexibility index (Phi) is 6.12. The smallest absolute Gasteiger partial charge is 0.0590 e. The molecule has 1 aromatic heterocycles. The van der Waals surface area contributed by atoms with Crippen molar-refractivity contribution in [1.29, 1.82) is 0 Å². The summed E-state index contributed by atoms with van der Waals surface area (Å²) >= 11 is 0. The Morgan fingerprint density at radius 1 is 1.40 bits per heavy atom. The van der Waals surface area contributed by atoms with Crippen molar-refractivity contribution in [2.75, 3.05) is 19.8 Å². The maximum Gasteiger partial charge on any atom is 0.0590 e. The zero-order valence-electron chi connectivity index (χ0n) is 9.83. The van der Waals surface area contributed by atoms with Crippen LogP contribution < -0.4 is 5.32 Å². The topological polar surface area (TPSA) is 26.2 Å². The Morgan fingerprint density at radius 3 is 3.00 bits per heavy atom. The Morgan fingerprint density at radius 2 is 2.27 bits per heavy atom. The highest BCUT2D eigenvalue weighted by Crippen LogP contribution is 2.01. The highest BCUT2D eigenvalue weighted by molar-refractivity contribution is 5.09. The summed E-state index contributed by atoms with van der Waals surface area (Å²) in [5, 5.41) is 3.35. The summed E-state index contributed by atoms with van der Waals surface area (Å²) in [5.74, 6) is 0. The fraction of sp³-hybridized carbons (Fsp3) is 0.667. The maximum absolute atomic E-state index is 5.25. The van der Waals surface area contributed by atoms with Crippen molar-refractivity contribution >= 4 is 0 Å². The van der Waals surface area contributed by atoms with Crippen LogP contribution in [-0.2, 0) is 17.8 Å². The lowest BCUT2D eigenvalue weighted by Gasteiger charge is -2.03. The largest absolute Gasteiger partial charge is 0.380 e. The van der Waals surface area contributed by atoms with E-state index >= 15 is 0 Å². The third-order valence-corrected chi connectivity index (χ3v) is 2.25. The predicted octanol–water partition coefficient (Wildman–Crippen LogP) is 2.02. The summed E-state index contributed by atoms with van der Waals surface area (Å²) < 4.78 is 7.48. The second-order valence-electron chi connectivity index (χ2n) is 3.63. The molecule has 0 aliphatic carbocycles. The second kappa shape index (κ2) is 7.49. The highest BCUT2D eigenvalue weighted by Gasteiger charge is 1.95. The fourth-order valence-corrected chi connectivity index (χ4v) is 1.51. The van der Waals surface area contributed by atoms with Crippen LogP contribution in [-0.4, -0.2) is 24.3 Å². The van der Waals surface area contributed by atoms with E-state index in [0.717, 1.165) is 32.8 Å². The fourth-order valence-electron chi connectivity index (χ4n) is 1.51.